The second kappa shape index (κ2) is 7.30. The second-order valence-electron chi connectivity index (χ2n) is 7.91. The Morgan fingerprint density at radius 1 is 0.774 bits per heavy atom. The predicted molar refractivity (Wildman–Crippen MR) is 123 cm³/mol. The first-order valence-corrected chi connectivity index (χ1v) is 10.2. The van der Waals surface area contributed by atoms with E-state index in [9.17, 15) is 4.79 Å². The van der Waals surface area contributed by atoms with Gasteiger partial charge in [-0.15, -0.1) is 0 Å². The number of ketones is 1. The minimum absolute atomic E-state index is 0.0252. The van der Waals surface area contributed by atoms with E-state index in [0.717, 1.165) is 32.9 Å². The Balaban J connectivity index is 1.78. The number of benzene rings is 3. The van der Waals surface area contributed by atoms with Gasteiger partial charge in [-0.2, -0.15) is 5.26 Å². The van der Waals surface area contributed by atoms with Crippen molar-refractivity contribution in [3.8, 4) is 6.07 Å². The molecule has 5 aromatic rings. The number of rotatable bonds is 4. The lowest BCUT2D eigenvalue weighted by Crippen LogP contribution is -2.14. The minimum Gasteiger partial charge on any atom is -0.350 e. The van der Waals surface area contributed by atoms with Crippen LogP contribution in [-0.4, -0.2) is 14.9 Å². The number of para-hydroxylation sites is 2. The average Bonchev–Trinajstić information content (AvgIpc) is 3.32. The Kier molecular flexibility index (Phi) is 4.45. The molecule has 0 amide bonds. The lowest BCUT2D eigenvalue weighted by molar-refractivity contribution is 0.0974. The number of hydrogen-bond acceptors (Lipinski definition) is 2. The summed E-state index contributed by atoms with van der Waals surface area (Å²) in [7, 11) is 4.02. The smallest absolute Gasteiger partial charge is 0.174 e. The van der Waals surface area contributed by atoms with Gasteiger partial charge in [-0.05, 0) is 35.4 Å². The molecular formula is C27H21N3O. The van der Waals surface area contributed by atoms with Crippen molar-refractivity contribution in [3.05, 3.63) is 107 Å². The summed E-state index contributed by atoms with van der Waals surface area (Å²) < 4.78 is 4.16. The van der Waals surface area contributed by atoms with Crippen LogP contribution in [0.4, 0.5) is 0 Å². The lowest BCUT2D eigenvalue weighted by Gasteiger charge is -2.16. The van der Waals surface area contributed by atoms with Crippen molar-refractivity contribution >= 4 is 27.6 Å². The fourth-order valence-corrected chi connectivity index (χ4v) is 4.53. The molecular weight excluding hydrogens is 382 g/mol. The highest BCUT2D eigenvalue weighted by Gasteiger charge is 2.29. The summed E-state index contributed by atoms with van der Waals surface area (Å²) in [5.74, 6) is -0.428. The number of aromatic nitrogens is 2. The van der Waals surface area contributed by atoms with Crippen molar-refractivity contribution in [2.75, 3.05) is 0 Å². The molecule has 0 aliphatic carbocycles. The quantitative estimate of drug-likeness (QED) is 0.369. The molecule has 0 aliphatic rings. The molecule has 0 bridgehead atoms. The van der Waals surface area contributed by atoms with Gasteiger partial charge in [0, 0.05) is 53.9 Å². The molecule has 4 nitrogen and oxygen atoms in total. The first-order valence-electron chi connectivity index (χ1n) is 10.2. The van der Waals surface area contributed by atoms with Crippen LogP contribution in [0.5, 0.6) is 0 Å². The van der Waals surface area contributed by atoms with Crippen LogP contribution in [0, 0.1) is 11.3 Å². The van der Waals surface area contributed by atoms with Crippen molar-refractivity contribution < 1.29 is 4.79 Å². The van der Waals surface area contributed by atoms with Gasteiger partial charge in [0.15, 0.2) is 5.78 Å². The molecule has 2 heterocycles. The molecule has 0 atom stereocenters. The van der Waals surface area contributed by atoms with Gasteiger partial charge in [0.2, 0.25) is 0 Å². The number of carbonyl (C=O) groups is 1. The Labute approximate surface area is 180 Å². The highest BCUT2D eigenvalue weighted by Crippen LogP contribution is 2.38. The van der Waals surface area contributed by atoms with E-state index in [1.54, 1.807) is 24.3 Å². The topological polar surface area (TPSA) is 50.7 Å². The number of nitriles is 1. The maximum atomic E-state index is 13.9. The van der Waals surface area contributed by atoms with Gasteiger partial charge in [-0.3, -0.25) is 4.79 Å². The number of carbonyl (C=O) groups excluding carboxylic acids is 1. The van der Waals surface area contributed by atoms with Gasteiger partial charge >= 0.3 is 0 Å². The number of hydrogen-bond donors (Lipinski definition) is 0. The summed E-state index contributed by atoms with van der Waals surface area (Å²) in [4.78, 5) is 13.9. The summed E-state index contributed by atoms with van der Waals surface area (Å²) in [5.41, 5.74) is 5.31. The van der Waals surface area contributed by atoms with E-state index < -0.39 is 5.92 Å². The van der Waals surface area contributed by atoms with Crippen LogP contribution in [-0.2, 0) is 14.1 Å². The van der Waals surface area contributed by atoms with E-state index in [1.807, 2.05) is 38.4 Å². The molecule has 4 heteroatoms. The Morgan fingerprint density at radius 2 is 1.26 bits per heavy atom. The average molecular weight is 403 g/mol. The fourth-order valence-electron chi connectivity index (χ4n) is 4.53. The molecule has 3 aromatic carbocycles. The standard InChI is InChI=1S/C27H21N3O/c1-29-16-22(20-7-3-5-9-24(20)29)26(27(31)19-13-11-18(15-28)12-14-19)23-17-30(2)25-10-6-4-8-21(23)25/h3-14,16-17,26H,1-2H3. The van der Waals surface area contributed by atoms with Crippen LogP contribution < -0.4 is 0 Å². The number of aryl methyl sites for hydroxylation is 2. The Hall–Kier alpha value is -4.10. The number of fused-ring (bicyclic) bond motifs is 2. The molecule has 0 N–H and O–H groups in total. The monoisotopic (exact) mass is 403 g/mol. The van der Waals surface area contributed by atoms with Crippen LogP contribution in [0.1, 0.15) is 33.0 Å². The maximum absolute atomic E-state index is 13.9. The normalized spacial score (nSPS) is 11.3. The summed E-state index contributed by atoms with van der Waals surface area (Å²) in [6.07, 6.45) is 4.14. The largest absolute Gasteiger partial charge is 0.350 e. The van der Waals surface area contributed by atoms with Crippen LogP contribution in [0.2, 0.25) is 0 Å². The summed E-state index contributed by atoms with van der Waals surface area (Å²) in [5, 5.41) is 11.3. The van der Waals surface area contributed by atoms with Crippen LogP contribution >= 0.6 is 0 Å². The summed E-state index contributed by atoms with van der Waals surface area (Å²) in [6.45, 7) is 0. The van der Waals surface area contributed by atoms with E-state index in [-0.39, 0.29) is 5.78 Å². The lowest BCUT2D eigenvalue weighted by atomic mass is 9.84. The van der Waals surface area contributed by atoms with Gasteiger partial charge < -0.3 is 9.13 Å². The third-order valence-electron chi connectivity index (χ3n) is 6.04. The zero-order valence-electron chi connectivity index (χ0n) is 17.4. The van der Waals surface area contributed by atoms with Gasteiger partial charge in [0.05, 0.1) is 17.6 Å². The molecule has 0 fully saturated rings. The van der Waals surface area contributed by atoms with Crippen molar-refractivity contribution in [2.24, 2.45) is 14.1 Å². The van der Waals surface area contributed by atoms with Crippen LogP contribution in [0.25, 0.3) is 21.8 Å². The third kappa shape index (κ3) is 3.03. The van der Waals surface area contributed by atoms with Gasteiger partial charge in [-0.25, -0.2) is 0 Å². The molecule has 0 unspecified atom stereocenters. The molecule has 0 spiro atoms. The molecule has 0 saturated heterocycles. The van der Waals surface area contributed by atoms with E-state index in [0.29, 0.717) is 11.1 Å². The third-order valence-corrected chi connectivity index (χ3v) is 6.04. The van der Waals surface area contributed by atoms with Crippen molar-refractivity contribution in [1.82, 2.24) is 9.13 Å². The van der Waals surface area contributed by atoms with Gasteiger partial charge in [-0.1, -0.05) is 48.5 Å². The maximum Gasteiger partial charge on any atom is 0.174 e. The second-order valence-corrected chi connectivity index (χ2v) is 7.91. The molecule has 5 rings (SSSR count). The van der Waals surface area contributed by atoms with Gasteiger partial charge in [0.1, 0.15) is 0 Å². The molecule has 150 valence electrons. The predicted octanol–water partition coefficient (Wildman–Crippen LogP) is 5.56. The summed E-state index contributed by atoms with van der Waals surface area (Å²) >= 11 is 0. The number of Topliss-reactive ketones (excluding diaryl/α,β-unsaturated/α-hetero) is 1. The molecule has 0 saturated carbocycles. The Morgan fingerprint density at radius 3 is 1.74 bits per heavy atom. The highest BCUT2D eigenvalue weighted by molar-refractivity contribution is 6.07. The minimum atomic E-state index is -0.454. The zero-order valence-corrected chi connectivity index (χ0v) is 17.4. The van der Waals surface area contributed by atoms with Gasteiger partial charge in [0.25, 0.3) is 0 Å². The van der Waals surface area contributed by atoms with E-state index >= 15 is 0 Å². The number of nitrogens with zero attached hydrogens (tertiary/aromatic N) is 3. The van der Waals surface area contributed by atoms with E-state index in [1.165, 1.54) is 0 Å². The van der Waals surface area contributed by atoms with Crippen LogP contribution in [0.3, 0.4) is 0 Å². The zero-order chi connectivity index (χ0) is 21.5. The highest BCUT2D eigenvalue weighted by atomic mass is 16.1. The SMILES string of the molecule is Cn1cc(C(C(=O)c2ccc(C#N)cc2)c2cn(C)c3ccccc23)c2ccccc21. The first kappa shape index (κ1) is 18.9. The van der Waals surface area contributed by atoms with E-state index in [2.05, 4.69) is 51.9 Å². The molecule has 0 radical (unpaired) electrons. The Bertz CT molecular complexity index is 1400. The molecule has 0 aliphatic heterocycles. The molecule has 2 aromatic heterocycles. The van der Waals surface area contributed by atoms with Crippen molar-refractivity contribution in [3.63, 3.8) is 0 Å². The van der Waals surface area contributed by atoms with Crippen molar-refractivity contribution in [2.45, 2.75) is 5.92 Å². The fraction of sp³-hybridized carbons (Fsp3) is 0.111. The van der Waals surface area contributed by atoms with E-state index in [4.69, 9.17) is 5.26 Å². The van der Waals surface area contributed by atoms with Crippen molar-refractivity contribution in [1.29, 1.82) is 5.26 Å². The molecule has 31 heavy (non-hydrogen) atoms. The first-order chi connectivity index (χ1) is 15.1. The summed E-state index contributed by atoms with van der Waals surface area (Å²) in [6, 6.07) is 25.4. The van der Waals surface area contributed by atoms with Crippen LogP contribution in [0.15, 0.2) is 85.2 Å².